The summed E-state index contributed by atoms with van der Waals surface area (Å²) in [6.45, 7) is 0.719. The highest BCUT2D eigenvalue weighted by molar-refractivity contribution is 9.10. The van der Waals surface area contributed by atoms with Crippen molar-refractivity contribution in [2.24, 2.45) is 5.73 Å². The van der Waals surface area contributed by atoms with Crippen molar-refractivity contribution in [2.75, 3.05) is 6.61 Å². The molecular formula is C11H11BrClNO. The Bertz CT molecular complexity index is 406. The molecule has 4 heteroatoms. The molecule has 0 aliphatic carbocycles. The van der Waals surface area contributed by atoms with Gasteiger partial charge in [-0.15, -0.1) is 0 Å². The summed E-state index contributed by atoms with van der Waals surface area (Å²) in [4.78, 5) is 0. The molecule has 80 valence electrons. The van der Waals surface area contributed by atoms with Gasteiger partial charge in [-0.1, -0.05) is 33.6 Å². The summed E-state index contributed by atoms with van der Waals surface area (Å²) in [5, 5.41) is 0.660. The first kappa shape index (κ1) is 11.0. The van der Waals surface area contributed by atoms with Crippen molar-refractivity contribution in [3.05, 3.63) is 45.1 Å². The van der Waals surface area contributed by atoms with Gasteiger partial charge in [0.1, 0.15) is 5.76 Å². The van der Waals surface area contributed by atoms with Gasteiger partial charge in [0.25, 0.3) is 0 Å². The minimum Gasteiger partial charge on any atom is -0.496 e. The van der Waals surface area contributed by atoms with Crippen LogP contribution in [0.15, 0.2) is 34.5 Å². The molecule has 1 aromatic rings. The summed E-state index contributed by atoms with van der Waals surface area (Å²) >= 11 is 9.47. The van der Waals surface area contributed by atoms with Gasteiger partial charge in [-0.25, -0.2) is 0 Å². The molecule has 0 saturated heterocycles. The summed E-state index contributed by atoms with van der Waals surface area (Å²) in [5.74, 6) is 0.819. The highest BCUT2D eigenvalue weighted by Crippen LogP contribution is 2.31. The van der Waals surface area contributed by atoms with E-state index in [1.54, 1.807) is 0 Å². The third-order valence-electron chi connectivity index (χ3n) is 2.34. The van der Waals surface area contributed by atoms with Gasteiger partial charge < -0.3 is 10.5 Å². The molecule has 1 atom stereocenters. The van der Waals surface area contributed by atoms with Crippen LogP contribution >= 0.6 is 27.5 Å². The highest BCUT2D eigenvalue weighted by Gasteiger charge is 2.18. The molecule has 0 amide bonds. The van der Waals surface area contributed by atoms with Gasteiger partial charge in [-0.2, -0.15) is 0 Å². The van der Waals surface area contributed by atoms with Crippen LogP contribution in [0, 0.1) is 0 Å². The lowest BCUT2D eigenvalue weighted by Crippen LogP contribution is -2.14. The third kappa shape index (κ3) is 2.36. The molecule has 0 aromatic heterocycles. The van der Waals surface area contributed by atoms with E-state index in [1.807, 2.05) is 24.3 Å². The topological polar surface area (TPSA) is 35.2 Å². The zero-order chi connectivity index (χ0) is 10.8. The van der Waals surface area contributed by atoms with E-state index >= 15 is 0 Å². The zero-order valence-corrected chi connectivity index (χ0v) is 10.4. The van der Waals surface area contributed by atoms with Crippen LogP contribution in [0.4, 0.5) is 0 Å². The van der Waals surface area contributed by atoms with Crippen LogP contribution in [-0.4, -0.2) is 6.61 Å². The van der Waals surface area contributed by atoms with E-state index < -0.39 is 0 Å². The van der Waals surface area contributed by atoms with Crippen molar-refractivity contribution in [3.63, 3.8) is 0 Å². The van der Waals surface area contributed by atoms with Crippen LogP contribution in [0.1, 0.15) is 18.0 Å². The van der Waals surface area contributed by atoms with Gasteiger partial charge in [-0.05, 0) is 23.8 Å². The predicted octanol–water partition coefficient (Wildman–Crippen LogP) is 3.41. The number of halogens is 2. The van der Waals surface area contributed by atoms with Crippen LogP contribution in [-0.2, 0) is 4.74 Å². The number of ether oxygens (including phenoxy) is 1. The molecule has 1 aliphatic heterocycles. The standard InChI is InChI=1S/C11H11BrClNO/c12-7-3-4-8(9(13)6-7)11(14)10-2-1-5-15-10/h2-4,6,11H,1,5,14H2. The molecule has 15 heavy (non-hydrogen) atoms. The van der Waals surface area contributed by atoms with E-state index in [9.17, 15) is 0 Å². The molecule has 1 aromatic carbocycles. The monoisotopic (exact) mass is 287 g/mol. The second-order valence-electron chi connectivity index (χ2n) is 3.39. The Balaban J connectivity index is 2.28. The lowest BCUT2D eigenvalue weighted by atomic mass is 10.1. The quantitative estimate of drug-likeness (QED) is 0.905. The smallest absolute Gasteiger partial charge is 0.113 e. The highest BCUT2D eigenvalue weighted by atomic mass is 79.9. The summed E-state index contributed by atoms with van der Waals surface area (Å²) in [5.41, 5.74) is 6.95. The molecule has 2 nitrogen and oxygen atoms in total. The fourth-order valence-corrected chi connectivity index (χ4v) is 2.35. The minimum atomic E-state index is -0.256. The van der Waals surface area contributed by atoms with E-state index in [2.05, 4.69) is 15.9 Å². The van der Waals surface area contributed by atoms with Crippen molar-refractivity contribution in [2.45, 2.75) is 12.5 Å². The zero-order valence-electron chi connectivity index (χ0n) is 8.04. The molecule has 0 spiro atoms. The first-order valence-corrected chi connectivity index (χ1v) is 5.89. The SMILES string of the molecule is NC(C1=CCCO1)c1ccc(Br)cc1Cl. The Morgan fingerprint density at radius 2 is 2.27 bits per heavy atom. The maximum Gasteiger partial charge on any atom is 0.113 e. The van der Waals surface area contributed by atoms with Crippen molar-refractivity contribution >= 4 is 27.5 Å². The molecule has 0 fully saturated rings. The average molecular weight is 289 g/mol. The average Bonchev–Trinajstić information content (AvgIpc) is 2.69. The van der Waals surface area contributed by atoms with Crippen molar-refractivity contribution in [1.82, 2.24) is 0 Å². The Hall–Kier alpha value is -0.510. The summed E-state index contributed by atoms with van der Waals surface area (Å²) in [6, 6.07) is 5.43. The molecular weight excluding hydrogens is 277 g/mol. The predicted molar refractivity (Wildman–Crippen MR) is 64.7 cm³/mol. The van der Waals surface area contributed by atoms with Gasteiger partial charge in [0, 0.05) is 15.9 Å². The van der Waals surface area contributed by atoms with Crippen LogP contribution in [0.5, 0.6) is 0 Å². The Kier molecular flexibility index (Phi) is 3.34. The maximum absolute atomic E-state index is 6.11. The molecule has 1 aliphatic rings. The molecule has 0 radical (unpaired) electrons. The summed E-state index contributed by atoms with van der Waals surface area (Å²) in [7, 11) is 0. The van der Waals surface area contributed by atoms with Gasteiger partial charge in [0.05, 0.1) is 12.6 Å². The number of benzene rings is 1. The van der Waals surface area contributed by atoms with E-state index in [0.717, 1.165) is 28.8 Å². The Labute approximate surface area is 102 Å². The van der Waals surface area contributed by atoms with E-state index in [-0.39, 0.29) is 6.04 Å². The Morgan fingerprint density at radius 3 is 2.87 bits per heavy atom. The molecule has 0 bridgehead atoms. The first-order valence-electron chi connectivity index (χ1n) is 4.72. The van der Waals surface area contributed by atoms with Crippen molar-refractivity contribution < 1.29 is 4.74 Å². The molecule has 2 rings (SSSR count). The maximum atomic E-state index is 6.11. The molecule has 2 N–H and O–H groups in total. The largest absolute Gasteiger partial charge is 0.496 e. The van der Waals surface area contributed by atoms with Crippen molar-refractivity contribution in [1.29, 1.82) is 0 Å². The molecule has 0 saturated carbocycles. The van der Waals surface area contributed by atoms with Gasteiger partial charge in [-0.3, -0.25) is 0 Å². The second kappa shape index (κ2) is 4.56. The lowest BCUT2D eigenvalue weighted by molar-refractivity contribution is 0.225. The number of nitrogens with two attached hydrogens (primary N) is 1. The van der Waals surface area contributed by atoms with Crippen LogP contribution in [0.25, 0.3) is 0 Å². The van der Waals surface area contributed by atoms with Crippen molar-refractivity contribution in [3.8, 4) is 0 Å². The molecule has 1 heterocycles. The lowest BCUT2D eigenvalue weighted by Gasteiger charge is -2.15. The minimum absolute atomic E-state index is 0.256. The van der Waals surface area contributed by atoms with Gasteiger partial charge in [0.15, 0.2) is 0 Å². The second-order valence-corrected chi connectivity index (χ2v) is 4.71. The van der Waals surface area contributed by atoms with Crippen LogP contribution in [0.3, 0.4) is 0 Å². The summed E-state index contributed by atoms with van der Waals surface area (Å²) in [6.07, 6.45) is 2.94. The number of hydrogen-bond acceptors (Lipinski definition) is 2. The van der Waals surface area contributed by atoms with Crippen LogP contribution < -0.4 is 5.73 Å². The first-order chi connectivity index (χ1) is 7.18. The van der Waals surface area contributed by atoms with E-state index in [4.69, 9.17) is 22.1 Å². The third-order valence-corrected chi connectivity index (χ3v) is 3.16. The van der Waals surface area contributed by atoms with E-state index in [0.29, 0.717) is 5.02 Å². The Morgan fingerprint density at radius 1 is 1.47 bits per heavy atom. The fraction of sp³-hybridized carbons (Fsp3) is 0.273. The number of hydrogen-bond donors (Lipinski definition) is 1. The number of rotatable bonds is 2. The summed E-state index contributed by atoms with van der Waals surface area (Å²) < 4.78 is 6.37. The van der Waals surface area contributed by atoms with Gasteiger partial charge in [0.2, 0.25) is 0 Å². The van der Waals surface area contributed by atoms with E-state index in [1.165, 1.54) is 0 Å². The van der Waals surface area contributed by atoms with Gasteiger partial charge >= 0.3 is 0 Å². The normalized spacial score (nSPS) is 17.1. The fourth-order valence-electron chi connectivity index (χ4n) is 1.56. The molecule has 1 unspecified atom stereocenters. The van der Waals surface area contributed by atoms with Crippen LogP contribution in [0.2, 0.25) is 5.02 Å².